The first-order valence-corrected chi connectivity index (χ1v) is 26.2. The predicted molar refractivity (Wildman–Crippen MR) is 261 cm³/mol. The summed E-state index contributed by atoms with van der Waals surface area (Å²) in [5, 5.41) is 0. The fourth-order valence-corrected chi connectivity index (χ4v) is 7.06. The molecule has 9 nitrogen and oxygen atoms in total. The highest BCUT2D eigenvalue weighted by Crippen LogP contribution is 2.43. The van der Waals surface area contributed by atoms with E-state index >= 15 is 0 Å². The van der Waals surface area contributed by atoms with Crippen LogP contribution in [-0.4, -0.2) is 74.9 Å². The molecule has 2 atom stereocenters. The molecule has 0 aromatic rings. The van der Waals surface area contributed by atoms with Gasteiger partial charge in [-0.3, -0.25) is 18.6 Å². The second kappa shape index (κ2) is 43.7. The number of nitrogens with zero attached hydrogens (tertiary/aromatic N) is 1. The Labute approximate surface area is 380 Å². The van der Waals surface area contributed by atoms with E-state index in [4.69, 9.17) is 18.5 Å². The van der Waals surface area contributed by atoms with E-state index in [0.717, 1.165) is 70.6 Å². The van der Waals surface area contributed by atoms with Gasteiger partial charge in [-0.2, -0.15) is 0 Å². The van der Waals surface area contributed by atoms with E-state index in [0.29, 0.717) is 23.9 Å². The Hall–Kier alpha value is -2.55. The molecule has 0 amide bonds. The smallest absolute Gasteiger partial charge is 0.462 e. The maximum atomic E-state index is 12.7. The summed E-state index contributed by atoms with van der Waals surface area (Å²) >= 11 is 0. The minimum Gasteiger partial charge on any atom is -0.462 e. The molecule has 0 aliphatic heterocycles. The molecule has 62 heavy (non-hydrogen) atoms. The summed E-state index contributed by atoms with van der Waals surface area (Å²) < 4.78 is 34.4. The first-order chi connectivity index (χ1) is 30.0. The number of phosphoric acid groups is 1. The van der Waals surface area contributed by atoms with Crippen molar-refractivity contribution in [3.63, 3.8) is 0 Å². The van der Waals surface area contributed by atoms with Crippen LogP contribution in [0.3, 0.4) is 0 Å². The normalized spacial score (nSPS) is 14.1. The summed E-state index contributed by atoms with van der Waals surface area (Å²) in [5.74, 6) is -0.842. The molecule has 0 aromatic heterocycles. The number of carbonyl (C=O) groups is 2. The molecule has 0 fully saturated rings. The molecule has 0 aliphatic rings. The standard InChI is InChI=1S/C52H92NO8P/c1-6-8-10-12-14-16-18-20-22-24-26-28-30-32-34-36-38-40-42-44-51(54)58-48-50(49-60-62(56,57)59-47-46-53(3,4)5)61-52(55)45-43-41-39-37-35-33-31-29-27-25-23-21-19-17-15-13-11-9-7-2/h14-17,20-23,26,28,32,34,50H,6-13,18-19,24-25,27,29-31,33,35-49H2,1-5H3/p+1/b16-14+,17-15+,22-20+,23-21+,28-26+,34-32+/t50-/m1/s1. The minimum atomic E-state index is -4.39. The van der Waals surface area contributed by atoms with Crippen molar-refractivity contribution in [2.45, 2.75) is 200 Å². The Kier molecular flexibility index (Phi) is 41.9. The molecule has 0 saturated heterocycles. The van der Waals surface area contributed by atoms with Crippen LogP contribution in [0.1, 0.15) is 194 Å². The molecular formula is C52H93NO8P+. The van der Waals surface area contributed by atoms with E-state index in [2.05, 4.69) is 86.8 Å². The van der Waals surface area contributed by atoms with Gasteiger partial charge in [-0.25, -0.2) is 4.57 Å². The highest BCUT2D eigenvalue weighted by molar-refractivity contribution is 7.47. The van der Waals surface area contributed by atoms with Crippen molar-refractivity contribution in [3.05, 3.63) is 72.9 Å². The second-order valence-corrected chi connectivity index (χ2v) is 18.9. The molecular weight excluding hydrogens is 798 g/mol. The van der Waals surface area contributed by atoms with Gasteiger partial charge >= 0.3 is 19.8 Å². The second-order valence-electron chi connectivity index (χ2n) is 17.5. The Morgan fingerprint density at radius 1 is 0.500 bits per heavy atom. The van der Waals surface area contributed by atoms with Gasteiger partial charge in [0.1, 0.15) is 19.8 Å². The van der Waals surface area contributed by atoms with Gasteiger partial charge in [0.2, 0.25) is 0 Å². The lowest BCUT2D eigenvalue weighted by molar-refractivity contribution is -0.870. The number of allylic oxidation sites excluding steroid dienone is 12. The van der Waals surface area contributed by atoms with Crippen LogP contribution in [0.15, 0.2) is 72.9 Å². The molecule has 0 rings (SSSR count). The monoisotopic (exact) mass is 891 g/mol. The van der Waals surface area contributed by atoms with E-state index < -0.39 is 32.5 Å². The first-order valence-electron chi connectivity index (χ1n) is 24.7. The fraction of sp³-hybridized carbons (Fsp3) is 0.731. The van der Waals surface area contributed by atoms with Gasteiger partial charge in [0.15, 0.2) is 6.10 Å². The average Bonchev–Trinajstić information content (AvgIpc) is 3.23. The zero-order valence-electron chi connectivity index (χ0n) is 40.3. The third kappa shape index (κ3) is 46.9. The Bertz CT molecular complexity index is 1280. The number of ether oxygens (including phenoxy) is 2. The molecule has 0 radical (unpaired) electrons. The van der Waals surface area contributed by atoms with Crippen LogP contribution in [0.2, 0.25) is 0 Å². The summed E-state index contributed by atoms with van der Waals surface area (Å²) in [7, 11) is 1.45. The summed E-state index contributed by atoms with van der Waals surface area (Å²) in [6.07, 6.45) is 55.2. The molecule has 0 aromatic carbocycles. The van der Waals surface area contributed by atoms with Gasteiger partial charge in [0.25, 0.3) is 0 Å². The van der Waals surface area contributed by atoms with Gasteiger partial charge in [-0.15, -0.1) is 0 Å². The van der Waals surface area contributed by atoms with Crippen molar-refractivity contribution in [1.29, 1.82) is 0 Å². The molecule has 1 N–H and O–H groups in total. The lowest BCUT2D eigenvalue weighted by Crippen LogP contribution is -2.37. The number of phosphoric ester groups is 1. The molecule has 10 heteroatoms. The van der Waals surface area contributed by atoms with E-state index in [1.165, 1.54) is 83.5 Å². The minimum absolute atomic E-state index is 0.0221. The zero-order chi connectivity index (χ0) is 45.7. The highest BCUT2D eigenvalue weighted by atomic mass is 31.2. The predicted octanol–water partition coefficient (Wildman–Crippen LogP) is 14.6. The van der Waals surface area contributed by atoms with E-state index in [1.807, 2.05) is 21.1 Å². The number of hydrogen-bond acceptors (Lipinski definition) is 7. The van der Waals surface area contributed by atoms with Crippen molar-refractivity contribution in [1.82, 2.24) is 0 Å². The summed E-state index contributed by atoms with van der Waals surface area (Å²) in [4.78, 5) is 35.5. The molecule has 0 spiro atoms. The Morgan fingerprint density at radius 2 is 0.871 bits per heavy atom. The third-order valence-corrected chi connectivity index (χ3v) is 11.2. The van der Waals surface area contributed by atoms with E-state index in [-0.39, 0.29) is 26.1 Å². The number of quaternary nitrogens is 1. The quantitative estimate of drug-likeness (QED) is 0.0212. The van der Waals surface area contributed by atoms with E-state index in [9.17, 15) is 19.0 Å². The van der Waals surface area contributed by atoms with Crippen molar-refractivity contribution >= 4 is 19.8 Å². The van der Waals surface area contributed by atoms with Gasteiger partial charge in [0, 0.05) is 12.8 Å². The number of hydrogen-bond donors (Lipinski definition) is 1. The molecule has 0 heterocycles. The van der Waals surface area contributed by atoms with E-state index in [1.54, 1.807) is 0 Å². The first kappa shape index (κ1) is 59.5. The zero-order valence-corrected chi connectivity index (χ0v) is 41.2. The summed E-state index contributed by atoms with van der Waals surface area (Å²) in [6, 6.07) is 0. The van der Waals surface area contributed by atoms with Crippen molar-refractivity contribution in [2.75, 3.05) is 47.5 Å². The van der Waals surface area contributed by atoms with Crippen LogP contribution >= 0.6 is 7.82 Å². The molecule has 0 saturated carbocycles. The average molecular weight is 891 g/mol. The van der Waals surface area contributed by atoms with Crippen LogP contribution in [-0.2, 0) is 32.7 Å². The summed E-state index contributed by atoms with van der Waals surface area (Å²) in [6.45, 7) is 4.33. The topological polar surface area (TPSA) is 108 Å². The van der Waals surface area contributed by atoms with Crippen LogP contribution in [0.25, 0.3) is 0 Å². The maximum absolute atomic E-state index is 12.7. The fourth-order valence-electron chi connectivity index (χ4n) is 6.32. The molecule has 1 unspecified atom stereocenters. The van der Waals surface area contributed by atoms with Crippen LogP contribution < -0.4 is 0 Å². The number of esters is 2. The van der Waals surface area contributed by atoms with Crippen LogP contribution in [0.5, 0.6) is 0 Å². The maximum Gasteiger partial charge on any atom is 0.472 e. The van der Waals surface area contributed by atoms with Gasteiger partial charge in [0.05, 0.1) is 27.7 Å². The third-order valence-electron chi connectivity index (χ3n) is 10.2. The largest absolute Gasteiger partial charge is 0.472 e. The van der Waals surface area contributed by atoms with Crippen LogP contribution in [0.4, 0.5) is 0 Å². The Morgan fingerprint density at radius 3 is 1.31 bits per heavy atom. The lowest BCUT2D eigenvalue weighted by Gasteiger charge is -2.24. The van der Waals surface area contributed by atoms with Gasteiger partial charge < -0.3 is 18.9 Å². The number of carbonyl (C=O) groups excluding carboxylic acids is 2. The highest BCUT2D eigenvalue weighted by Gasteiger charge is 2.27. The Balaban J connectivity index is 4.37. The molecule has 0 bridgehead atoms. The van der Waals surface area contributed by atoms with Gasteiger partial charge in [-0.05, 0) is 89.9 Å². The van der Waals surface area contributed by atoms with Gasteiger partial charge in [-0.1, -0.05) is 164 Å². The lowest BCUT2D eigenvalue weighted by atomic mass is 10.1. The molecule has 358 valence electrons. The number of unbranched alkanes of at least 4 members (excludes halogenated alkanes) is 18. The SMILES string of the molecule is CCCCC/C=C/C/C=C/C/C=C/C/C=C/CCCCCC(=O)OC[C@H](COP(=O)(O)OCC[N+](C)(C)C)OC(=O)CCCCCCCCCCC/C=C/C/C=C/CCCCC. The number of rotatable bonds is 44. The summed E-state index contributed by atoms with van der Waals surface area (Å²) in [5.41, 5.74) is 0. The van der Waals surface area contributed by atoms with Crippen molar-refractivity contribution < 1.29 is 42.1 Å². The van der Waals surface area contributed by atoms with Crippen LogP contribution in [0, 0.1) is 0 Å². The number of likely N-dealkylation sites (N-methyl/N-ethyl adjacent to an activating group) is 1. The van der Waals surface area contributed by atoms with Crippen molar-refractivity contribution in [2.24, 2.45) is 0 Å². The molecule has 0 aliphatic carbocycles. The van der Waals surface area contributed by atoms with Crippen molar-refractivity contribution in [3.8, 4) is 0 Å².